The first-order valence-electron chi connectivity index (χ1n) is 18.8. The number of carbonyl (C=O) groups is 4. The van der Waals surface area contributed by atoms with Crippen LogP contribution in [0.2, 0.25) is 10.0 Å². The lowest BCUT2D eigenvalue weighted by Crippen LogP contribution is -2.52. The van der Waals surface area contributed by atoms with Gasteiger partial charge in [0.05, 0.1) is 29.2 Å². The van der Waals surface area contributed by atoms with Gasteiger partial charge in [0.25, 0.3) is 10.0 Å². The number of hydrogen-bond donors (Lipinski definition) is 1. The zero-order chi connectivity index (χ0) is 45.3. The normalized spacial score (nSPS) is 13.0. The number of amides is 3. The summed E-state index contributed by atoms with van der Waals surface area (Å²) in [5.74, 6) is -1.25. The molecule has 2 heterocycles. The fourth-order valence-electron chi connectivity index (χ4n) is 5.79. The number of carboxylic acid groups (broad SMARTS) is 1. The van der Waals surface area contributed by atoms with Gasteiger partial charge in [-0.15, -0.1) is 0 Å². The second-order valence-corrected chi connectivity index (χ2v) is 20.6. The minimum absolute atomic E-state index is 0.0500. The van der Waals surface area contributed by atoms with Crippen molar-refractivity contribution in [3.63, 3.8) is 0 Å². The van der Waals surface area contributed by atoms with Crippen LogP contribution in [-0.4, -0.2) is 93.1 Å². The van der Waals surface area contributed by atoms with Crippen molar-refractivity contribution in [1.29, 1.82) is 0 Å². The van der Waals surface area contributed by atoms with Gasteiger partial charge < -0.3 is 23.9 Å². The lowest BCUT2D eigenvalue weighted by Gasteiger charge is -2.37. The summed E-state index contributed by atoms with van der Waals surface area (Å²) in [5.41, 5.74) is -3.37. The lowest BCUT2D eigenvalue weighted by molar-refractivity contribution is -0.140. The molecule has 0 spiro atoms. The molecule has 19 heteroatoms. The Balaban J connectivity index is 1.81. The molecule has 0 radical (unpaired) electrons. The maximum atomic E-state index is 14.4. The molecule has 1 unspecified atom stereocenters. The molecule has 0 saturated carbocycles. The van der Waals surface area contributed by atoms with E-state index >= 15 is 0 Å². The quantitative estimate of drug-likeness (QED) is 0.149. The van der Waals surface area contributed by atoms with E-state index in [4.69, 9.17) is 37.4 Å². The largest absolute Gasteiger partial charge is 0.480 e. The zero-order valence-electron chi connectivity index (χ0n) is 35.7. The average Bonchev–Trinajstić information content (AvgIpc) is 3.48. The highest BCUT2D eigenvalue weighted by molar-refractivity contribution is 7.93. The van der Waals surface area contributed by atoms with Crippen LogP contribution in [0, 0.1) is 5.41 Å². The Bertz CT molecular complexity index is 2330. The summed E-state index contributed by atoms with van der Waals surface area (Å²) < 4.78 is 47.8. The molecule has 1 atom stereocenters. The summed E-state index contributed by atoms with van der Waals surface area (Å²) in [6, 6.07) is 10.1. The third kappa shape index (κ3) is 12.0. The summed E-state index contributed by atoms with van der Waals surface area (Å²) in [5, 5.41) is 11.1. The first-order valence-corrected chi connectivity index (χ1v) is 21.0. The average molecular weight is 892 g/mol. The number of benzene rings is 2. The van der Waals surface area contributed by atoms with Gasteiger partial charge in [-0.2, -0.15) is 4.98 Å². The molecule has 0 aliphatic heterocycles. The van der Waals surface area contributed by atoms with Crippen molar-refractivity contribution in [2.45, 2.75) is 111 Å². The van der Waals surface area contributed by atoms with Crippen molar-refractivity contribution in [2.24, 2.45) is 5.41 Å². The molecule has 326 valence electrons. The number of aliphatic carboxylic acids is 1. The Kier molecular flexibility index (Phi) is 13.8. The minimum Gasteiger partial charge on any atom is -0.480 e. The third-order valence-corrected chi connectivity index (χ3v) is 10.3. The van der Waals surface area contributed by atoms with E-state index in [-0.39, 0.29) is 38.9 Å². The van der Waals surface area contributed by atoms with Gasteiger partial charge in [-0.25, -0.2) is 42.4 Å². The van der Waals surface area contributed by atoms with Gasteiger partial charge in [-0.3, -0.25) is 4.31 Å². The van der Waals surface area contributed by atoms with Gasteiger partial charge in [0.1, 0.15) is 28.7 Å². The number of ether oxygens (including phenoxy) is 3. The molecule has 1 N–H and O–H groups in total. The van der Waals surface area contributed by atoms with Gasteiger partial charge >= 0.3 is 24.2 Å². The first-order chi connectivity index (χ1) is 27.4. The molecule has 60 heavy (non-hydrogen) atoms. The number of carbonyl (C=O) groups excluding carboxylic acids is 3. The molecule has 2 aromatic heterocycles. The van der Waals surface area contributed by atoms with Crippen LogP contribution in [0.25, 0.3) is 16.7 Å². The summed E-state index contributed by atoms with van der Waals surface area (Å²) >= 11 is 12.4. The number of hydrogen-bond acceptors (Lipinski definition) is 11. The highest BCUT2D eigenvalue weighted by Gasteiger charge is 2.44. The van der Waals surface area contributed by atoms with E-state index in [9.17, 15) is 32.7 Å². The molecule has 3 amide bonds. The number of aromatic nitrogens is 3. The molecule has 0 fully saturated rings. The molecule has 4 aromatic rings. The fourth-order valence-corrected chi connectivity index (χ4v) is 8.30. The van der Waals surface area contributed by atoms with Gasteiger partial charge in [0, 0.05) is 27.8 Å². The van der Waals surface area contributed by atoms with E-state index in [1.807, 2.05) is 0 Å². The Morgan fingerprint density at radius 2 is 1.28 bits per heavy atom. The third-order valence-electron chi connectivity index (χ3n) is 8.12. The van der Waals surface area contributed by atoms with Crippen LogP contribution >= 0.6 is 23.2 Å². The summed E-state index contributed by atoms with van der Waals surface area (Å²) in [4.78, 5) is 63.6. The maximum absolute atomic E-state index is 14.4. The number of carboxylic acids is 1. The van der Waals surface area contributed by atoms with Crippen LogP contribution in [0.15, 0.2) is 65.8 Å². The lowest BCUT2D eigenvalue weighted by atomic mass is 9.86. The molecule has 0 bridgehead atoms. The van der Waals surface area contributed by atoms with Crippen molar-refractivity contribution in [1.82, 2.24) is 19.4 Å². The van der Waals surface area contributed by atoms with Crippen LogP contribution in [0.4, 0.5) is 26.0 Å². The molecule has 0 aliphatic rings. The zero-order valence-corrected chi connectivity index (χ0v) is 38.1. The molecular formula is C41H52Cl2N6O10S. The van der Waals surface area contributed by atoms with Crippen molar-refractivity contribution in [3.05, 3.63) is 71.0 Å². The summed E-state index contributed by atoms with van der Waals surface area (Å²) in [7, 11) is -4.57. The highest BCUT2D eigenvalue weighted by Crippen LogP contribution is 2.37. The van der Waals surface area contributed by atoms with Crippen molar-refractivity contribution in [3.8, 4) is 5.82 Å². The van der Waals surface area contributed by atoms with E-state index in [1.54, 1.807) is 112 Å². The van der Waals surface area contributed by atoms with Crippen molar-refractivity contribution < 1.29 is 46.9 Å². The van der Waals surface area contributed by atoms with Crippen LogP contribution < -0.4 is 9.21 Å². The van der Waals surface area contributed by atoms with E-state index in [0.29, 0.717) is 10.9 Å². The van der Waals surface area contributed by atoms with E-state index < -0.39 is 69.1 Å². The second kappa shape index (κ2) is 17.5. The number of rotatable bonds is 10. The summed E-state index contributed by atoms with van der Waals surface area (Å²) in [6.45, 7) is 19.0. The first kappa shape index (κ1) is 47.5. The molecular weight excluding hydrogens is 839 g/mol. The summed E-state index contributed by atoms with van der Waals surface area (Å²) in [6.07, 6.45) is 0.199. The van der Waals surface area contributed by atoms with Crippen molar-refractivity contribution >= 4 is 80.0 Å². The standard InChI is InChI=1S/C41H52Cl2N6O10S/c1-38(2,3)32(33(50)51)49(60(55,56)29-23-26(42)22-27(43)24-29)28-13-14-30-25(21-28)16-18-46(30)31-15-17-44-34(45-31)47(35(52)57-39(4,5)6)19-20-48(36(53)58-40(7,8)9)37(54)59-41(10,11)12/h13-18,21-24,32H,19-20H2,1-12H3,(H,50,51). The highest BCUT2D eigenvalue weighted by atomic mass is 35.5. The smallest absolute Gasteiger partial charge is 0.419 e. The Labute approximate surface area is 360 Å². The Morgan fingerprint density at radius 1 is 0.750 bits per heavy atom. The van der Waals surface area contributed by atoms with Gasteiger partial charge in [0.2, 0.25) is 5.95 Å². The molecule has 16 nitrogen and oxygen atoms in total. The number of imide groups is 1. The van der Waals surface area contributed by atoms with Crippen LogP contribution in [0.3, 0.4) is 0 Å². The maximum Gasteiger partial charge on any atom is 0.419 e. The molecule has 0 saturated heterocycles. The number of fused-ring (bicyclic) bond motifs is 1. The van der Waals surface area contributed by atoms with E-state index in [0.717, 1.165) is 14.1 Å². The molecule has 0 aliphatic carbocycles. The van der Waals surface area contributed by atoms with Crippen LogP contribution in [0.5, 0.6) is 0 Å². The predicted molar refractivity (Wildman–Crippen MR) is 229 cm³/mol. The fraction of sp³-hybridized carbons (Fsp3) is 0.463. The number of nitrogens with zero attached hydrogens (tertiary/aromatic N) is 6. The van der Waals surface area contributed by atoms with Crippen LogP contribution in [-0.2, 0) is 29.0 Å². The SMILES string of the molecule is CC(C)(C)OC(=O)N(CCN(C(=O)OC(C)(C)C)c1nccc(-n2ccc3cc(N(C(C(=O)O)C(C)(C)C)S(=O)(=O)c4cc(Cl)cc(Cl)c4)ccc32)n1)C(=O)OC(C)(C)C. The Hall–Kier alpha value is -5.13. The molecule has 4 rings (SSSR count). The second-order valence-electron chi connectivity index (χ2n) is 17.9. The number of halogens is 2. The van der Waals surface area contributed by atoms with E-state index in [2.05, 4.69) is 9.97 Å². The van der Waals surface area contributed by atoms with Gasteiger partial charge in [0.15, 0.2) is 0 Å². The van der Waals surface area contributed by atoms with E-state index in [1.165, 1.54) is 36.5 Å². The van der Waals surface area contributed by atoms with Gasteiger partial charge in [-0.05, 0) is 116 Å². The monoisotopic (exact) mass is 890 g/mol. The molecule has 2 aromatic carbocycles. The van der Waals surface area contributed by atoms with Gasteiger partial charge in [-0.1, -0.05) is 44.0 Å². The van der Waals surface area contributed by atoms with Crippen LogP contribution in [0.1, 0.15) is 83.1 Å². The Morgan fingerprint density at radius 3 is 1.78 bits per heavy atom. The minimum atomic E-state index is -4.57. The number of sulfonamides is 1. The number of anilines is 2. The predicted octanol–water partition coefficient (Wildman–Crippen LogP) is 9.34. The van der Waals surface area contributed by atoms with Crippen molar-refractivity contribution in [2.75, 3.05) is 22.3 Å². The topological polar surface area (TPSA) is 191 Å².